The molecule has 1 aliphatic rings. The van der Waals surface area contributed by atoms with Gasteiger partial charge in [0.25, 0.3) is 0 Å². The van der Waals surface area contributed by atoms with Crippen LogP contribution < -0.4 is 0 Å². The molecule has 1 heteroatoms. The second kappa shape index (κ2) is 6.66. The maximum absolute atomic E-state index is 2.62. The highest BCUT2D eigenvalue weighted by Crippen LogP contribution is 2.33. The van der Waals surface area contributed by atoms with Crippen molar-refractivity contribution in [1.82, 2.24) is 4.90 Å². The molecular weight excluding hydrogens is 266 g/mol. The van der Waals surface area contributed by atoms with Crippen molar-refractivity contribution in [3.63, 3.8) is 0 Å². The van der Waals surface area contributed by atoms with Crippen LogP contribution in [0.25, 0.3) is 0 Å². The maximum Gasteiger partial charge on any atom is 0.0320 e. The van der Waals surface area contributed by atoms with Crippen LogP contribution in [-0.4, -0.2) is 18.0 Å². The predicted octanol–water partition coefficient (Wildman–Crippen LogP) is 5.36. The maximum atomic E-state index is 2.62. The lowest BCUT2D eigenvalue weighted by Gasteiger charge is -2.25. The van der Waals surface area contributed by atoms with E-state index in [4.69, 9.17) is 0 Å². The molecule has 0 amide bonds. The molecule has 0 N–H and O–H groups in total. The lowest BCUT2D eigenvalue weighted by molar-refractivity contribution is 0.260. The molecule has 1 aliphatic heterocycles. The van der Waals surface area contributed by atoms with Crippen LogP contribution >= 0.6 is 0 Å². The van der Waals surface area contributed by atoms with Crippen molar-refractivity contribution in [3.05, 3.63) is 71.3 Å². The topological polar surface area (TPSA) is 3.24 Å². The smallest absolute Gasteiger partial charge is 0.0320 e. The molecule has 0 saturated carbocycles. The SMILES string of the molecule is CC(C)c1ccc([C@H]2CCN([C@@H](C)c3ccccc3)C2)cc1. The zero-order chi connectivity index (χ0) is 15.5. The van der Waals surface area contributed by atoms with Gasteiger partial charge in [-0.05, 0) is 48.4 Å². The summed E-state index contributed by atoms with van der Waals surface area (Å²) in [5.74, 6) is 1.31. The summed E-state index contributed by atoms with van der Waals surface area (Å²) in [4.78, 5) is 2.62. The summed E-state index contributed by atoms with van der Waals surface area (Å²) < 4.78 is 0. The van der Waals surface area contributed by atoms with E-state index in [9.17, 15) is 0 Å². The zero-order valence-electron chi connectivity index (χ0n) is 14.0. The molecular formula is C21H27N. The first-order valence-corrected chi connectivity index (χ1v) is 8.54. The Labute approximate surface area is 135 Å². The van der Waals surface area contributed by atoms with Crippen molar-refractivity contribution >= 4 is 0 Å². The first-order chi connectivity index (χ1) is 10.6. The summed E-state index contributed by atoms with van der Waals surface area (Å²) in [6.07, 6.45) is 1.28. The van der Waals surface area contributed by atoms with Crippen molar-refractivity contribution in [2.45, 2.75) is 45.1 Å². The second-order valence-corrected chi connectivity index (χ2v) is 6.89. The fraction of sp³-hybridized carbons (Fsp3) is 0.429. The molecule has 0 unspecified atom stereocenters. The predicted molar refractivity (Wildman–Crippen MR) is 94.3 cm³/mol. The molecule has 0 radical (unpaired) electrons. The summed E-state index contributed by atoms with van der Waals surface area (Å²) in [6, 6.07) is 20.7. The van der Waals surface area contributed by atoms with E-state index in [1.807, 2.05) is 0 Å². The number of hydrogen-bond acceptors (Lipinski definition) is 1. The molecule has 1 fully saturated rings. The molecule has 2 atom stereocenters. The Kier molecular flexibility index (Phi) is 4.63. The lowest BCUT2D eigenvalue weighted by atomic mass is 9.94. The summed E-state index contributed by atoms with van der Waals surface area (Å²) >= 11 is 0. The summed E-state index contributed by atoms with van der Waals surface area (Å²) in [6.45, 7) is 9.23. The second-order valence-electron chi connectivity index (χ2n) is 6.89. The van der Waals surface area contributed by atoms with Crippen LogP contribution in [0.15, 0.2) is 54.6 Å². The largest absolute Gasteiger partial charge is 0.296 e. The molecule has 1 saturated heterocycles. The Bertz CT molecular complexity index is 585. The first-order valence-electron chi connectivity index (χ1n) is 8.54. The number of hydrogen-bond donors (Lipinski definition) is 0. The van der Waals surface area contributed by atoms with E-state index in [1.54, 1.807) is 0 Å². The summed E-state index contributed by atoms with van der Waals surface area (Å²) in [5.41, 5.74) is 4.38. The highest BCUT2D eigenvalue weighted by molar-refractivity contribution is 5.28. The fourth-order valence-corrected chi connectivity index (χ4v) is 3.51. The van der Waals surface area contributed by atoms with E-state index < -0.39 is 0 Å². The third-order valence-corrected chi connectivity index (χ3v) is 5.12. The van der Waals surface area contributed by atoms with E-state index in [2.05, 4.69) is 80.3 Å². The molecule has 3 rings (SSSR count). The highest BCUT2D eigenvalue weighted by Gasteiger charge is 2.27. The van der Waals surface area contributed by atoms with Gasteiger partial charge >= 0.3 is 0 Å². The molecule has 116 valence electrons. The van der Waals surface area contributed by atoms with Crippen molar-refractivity contribution in [1.29, 1.82) is 0 Å². The fourth-order valence-electron chi connectivity index (χ4n) is 3.51. The van der Waals surface area contributed by atoms with Gasteiger partial charge in [-0.3, -0.25) is 4.90 Å². The van der Waals surface area contributed by atoms with Gasteiger partial charge in [-0.1, -0.05) is 68.4 Å². The summed E-state index contributed by atoms with van der Waals surface area (Å²) in [5, 5.41) is 0. The Morgan fingerprint density at radius 1 is 0.864 bits per heavy atom. The first kappa shape index (κ1) is 15.3. The van der Waals surface area contributed by atoms with Gasteiger partial charge in [0.15, 0.2) is 0 Å². The van der Waals surface area contributed by atoms with Crippen LogP contribution in [0.3, 0.4) is 0 Å². The normalized spacial score (nSPS) is 20.5. The Morgan fingerprint density at radius 3 is 2.18 bits per heavy atom. The molecule has 0 spiro atoms. The lowest BCUT2D eigenvalue weighted by Crippen LogP contribution is -2.24. The van der Waals surface area contributed by atoms with Crippen LogP contribution in [-0.2, 0) is 0 Å². The monoisotopic (exact) mass is 293 g/mol. The highest BCUT2D eigenvalue weighted by atomic mass is 15.2. The standard InChI is InChI=1S/C21H27N/c1-16(2)18-9-11-20(12-10-18)21-13-14-22(15-21)17(3)19-7-5-4-6-8-19/h4-12,16-17,21H,13-15H2,1-3H3/t17-,21-/m0/s1. The van der Waals surface area contributed by atoms with Gasteiger partial charge in [0.1, 0.15) is 0 Å². The van der Waals surface area contributed by atoms with Gasteiger partial charge in [0.05, 0.1) is 0 Å². The van der Waals surface area contributed by atoms with E-state index in [1.165, 1.54) is 36.2 Å². The average molecular weight is 293 g/mol. The molecule has 1 heterocycles. The molecule has 22 heavy (non-hydrogen) atoms. The van der Waals surface area contributed by atoms with Crippen LogP contribution in [0.4, 0.5) is 0 Å². The van der Waals surface area contributed by atoms with Crippen molar-refractivity contribution in [3.8, 4) is 0 Å². The minimum absolute atomic E-state index is 0.515. The molecule has 1 nitrogen and oxygen atoms in total. The van der Waals surface area contributed by atoms with Crippen LogP contribution in [0.1, 0.15) is 61.8 Å². The Morgan fingerprint density at radius 2 is 1.55 bits per heavy atom. The third-order valence-electron chi connectivity index (χ3n) is 5.12. The van der Waals surface area contributed by atoms with Crippen LogP contribution in [0.5, 0.6) is 0 Å². The molecule has 0 aromatic heterocycles. The number of rotatable bonds is 4. The minimum Gasteiger partial charge on any atom is -0.296 e. The van der Waals surface area contributed by atoms with Crippen LogP contribution in [0.2, 0.25) is 0 Å². The Hall–Kier alpha value is -1.60. The van der Waals surface area contributed by atoms with Gasteiger partial charge in [-0.25, -0.2) is 0 Å². The van der Waals surface area contributed by atoms with E-state index in [0.29, 0.717) is 17.9 Å². The van der Waals surface area contributed by atoms with E-state index in [-0.39, 0.29) is 0 Å². The van der Waals surface area contributed by atoms with E-state index in [0.717, 1.165) is 0 Å². The van der Waals surface area contributed by atoms with Crippen molar-refractivity contribution < 1.29 is 0 Å². The molecule has 2 aromatic carbocycles. The molecule has 2 aromatic rings. The van der Waals surface area contributed by atoms with Gasteiger partial charge in [0, 0.05) is 12.6 Å². The van der Waals surface area contributed by atoms with Gasteiger partial charge < -0.3 is 0 Å². The van der Waals surface area contributed by atoms with Crippen molar-refractivity contribution in [2.24, 2.45) is 0 Å². The number of benzene rings is 2. The average Bonchev–Trinajstić information content (AvgIpc) is 3.05. The molecule has 0 aliphatic carbocycles. The number of nitrogens with zero attached hydrogens (tertiary/aromatic N) is 1. The third kappa shape index (κ3) is 3.25. The van der Waals surface area contributed by atoms with Crippen LogP contribution in [0, 0.1) is 0 Å². The number of likely N-dealkylation sites (tertiary alicyclic amines) is 1. The quantitative estimate of drug-likeness (QED) is 0.733. The van der Waals surface area contributed by atoms with Crippen molar-refractivity contribution in [2.75, 3.05) is 13.1 Å². The van der Waals surface area contributed by atoms with E-state index >= 15 is 0 Å². The zero-order valence-corrected chi connectivity index (χ0v) is 14.0. The van der Waals surface area contributed by atoms with Gasteiger partial charge in [0.2, 0.25) is 0 Å². The van der Waals surface area contributed by atoms with Gasteiger partial charge in [-0.2, -0.15) is 0 Å². The van der Waals surface area contributed by atoms with Gasteiger partial charge in [-0.15, -0.1) is 0 Å². The minimum atomic E-state index is 0.515. The Balaban J connectivity index is 1.67. The summed E-state index contributed by atoms with van der Waals surface area (Å²) in [7, 11) is 0. The molecule has 0 bridgehead atoms.